The van der Waals surface area contributed by atoms with Crippen molar-refractivity contribution in [1.82, 2.24) is 9.80 Å². The molecule has 0 bridgehead atoms. The molecule has 6 nitrogen and oxygen atoms in total. The standard InChI is InChI=1S/C17H16N4O2S/c18-12-13-4-1-2-5-14(13)19-17(24)21-9-7-20(8-10-21)16(22)15-6-3-11-23-15/h1-6,11H,7-10H2,(H,19,24). The molecule has 0 unspecified atom stereocenters. The van der Waals surface area contributed by atoms with Crippen LogP contribution in [0.2, 0.25) is 0 Å². The number of benzene rings is 1. The molecular weight excluding hydrogens is 324 g/mol. The Balaban J connectivity index is 1.57. The summed E-state index contributed by atoms with van der Waals surface area (Å²) in [5.41, 5.74) is 1.24. The summed E-state index contributed by atoms with van der Waals surface area (Å²) in [6, 6.07) is 12.7. The van der Waals surface area contributed by atoms with Crippen LogP contribution >= 0.6 is 12.2 Å². The predicted octanol–water partition coefficient (Wildman–Crippen LogP) is 2.31. The van der Waals surface area contributed by atoms with Gasteiger partial charge in [-0.15, -0.1) is 0 Å². The Bertz CT molecular complexity index is 774. The van der Waals surface area contributed by atoms with Crippen molar-refractivity contribution in [1.29, 1.82) is 5.26 Å². The van der Waals surface area contributed by atoms with Gasteiger partial charge in [0.2, 0.25) is 0 Å². The van der Waals surface area contributed by atoms with Gasteiger partial charge in [0.15, 0.2) is 10.9 Å². The zero-order valence-corrected chi connectivity index (χ0v) is 13.8. The van der Waals surface area contributed by atoms with Crippen LogP contribution in [0.5, 0.6) is 0 Å². The molecule has 1 N–H and O–H groups in total. The van der Waals surface area contributed by atoms with Crippen LogP contribution in [0.3, 0.4) is 0 Å². The maximum Gasteiger partial charge on any atom is 0.289 e. The summed E-state index contributed by atoms with van der Waals surface area (Å²) in [6.07, 6.45) is 1.50. The Labute approximate surface area is 145 Å². The molecule has 0 saturated carbocycles. The molecule has 1 amide bonds. The van der Waals surface area contributed by atoms with Gasteiger partial charge in [-0.05, 0) is 36.5 Å². The summed E-state index contributed by atoms with van der Waals surface area (Å²) in [5, 5.41) is 12.8. The molecular formula is C17H16N4O2S. The zero-order valence-electron chi connectivity index (χ0n) is 12.9. The molecule has 1 fully saturated rings. The number of nitriles is 1. The topological polar surface area (TPSA) is 72.5 Å². The molecule has 1 aromatic heterocycles. The van der Waals surface area contributed by atoms with Gasteiger partial charge in [-0.2, -0.15) is 5.26 Å². The Hall–Kier alpha value is -2.85. The van der Waals surface area contributed by atoms with Gasteiger partial charge in [0.05, 0.1) is 17.5 Å². The van der Waals surface area contributed by atoms with E-state index in [-0.39, 0.29) is 5.91 Å². The molecule has 122 valence electrons. The Morgan fingerprint density at radius 1 is 1.12 bits per heavy atom. The molecule has 1 aliphatic heterocycles. The number of anilines is 1. The summed E-state index contributed by atoms with van der Waals surface area (Å²) in [6.45, 7) is 2.41. The lowest BCUT2D eigenvalue weighted by molar-refractivity contribution is 0.0661. The van der Waals surface area contributed by atoms with Gasteiger partial charge < -0.3 is 19.5 Å². The molecule has 24 heavy (non-hydrogen) atoms. The van der Waals surface area contributed by atoms with E-state index in [0.29, 0.717) is 48.3 Å². The van der Waals surface area contributed by atoms with E-state index in [4.69, 9.17) is 21.9 Å². The number of thiocarbonyl (C=S) groups is 1. The van der Waals surface area contributed by atoms with Gasteiger partial charge in [-0.1, -0.05) is 12.1 Å². The molecule has 1 saturated heterocycles. The van der Waals surface area contributed by atoms with Crippen molar-refractivity contribution in [2.45, 2.75) is 0 Å². The van der Waals surface area contributed by atoms with E-state index in [1.165, 1.54) is 6.26 Å². The average molecular weight is 340 g/mol. The van der Waals surface area contributed by atoms with Crippen LogP contribution in [0.4, 0.5) is 5.69 Å². The van der Waals surface area contributed by atoms with E-state index >= 15 is 0 Å². The van der Waals surface area contributed by atoms with Crippen molar-refractivity contribution < 1.29 is 9.21 Å². The van der Waals surface area contributed by atoms with E-state index in [1.54, 1.807) is 23.1 Å². The molecule has 0 radical (unpaired) electrons. The van der Waals surface area contributed by atoms with Crippen molar-refractivity contribution in [2.75, 3.05) is 31.5 Å². The third kappa shape index (κ3) is 3.39. The number of hydrogen-bond acceptors (Lipinski definition) is 4. The van der Waals surface area contributed by atoms with E-state index < -0.39 is 0 Å². The van der Waals surface area contributed by atoms with Crippen LogP contribution in [0.1, 0.15) is 16.1 Å². The fourth-order valence-electron chi connectivity index (χ4n) is 2.55. The maximum atomic E-state index is 12.2. The van der Waals surface area contributed by atoms with E-state index in [2.05, 4.69) is 11.4 Å². The number of para-hydroxylation sites is 1. The highest BCUT2D eigenvalue weighted by molar-refractivity contribution is 7.80. The second-order valence-electron chi connectivity index (χ2n) is 5.34. The summed E-state index contributed by atoms with van der Waals surface area (Å²) >= 11 is 5.43. The minimum Gasteiger partial charge on any atom is -0.459 e. The molecule has 3 rings (SSSR count). The van der Waals surface area contributed by atoms with Crippen LogP contribution in [0.25, 0.3) is 0 Å². The number of rotatable bonds is 2. The molecule has 1 aliphatic rings. The minimum atomic E-state index is -0.103. The number of amides is 1. The highest BCUT2D eigenvalue weighted by Crippen LogP contribution is 2.15. The number of carbonyl (C=O) groups excluding carboxylic acids is 1. The highest BCUT2D eigenvalue weighted by Gasteiger charge is 2.24. The Morgan fingerprint density at radius 2 is 1.83 bits per heavy atom. The van der Waals surface area contributed by atoms with Crippen LogP contribution < -0.4 is 5.32 Å². The lowest BCUT2D eigenvalue weighted by atomic mass is 10.2. The van der Waals surface area contributed by atoms with Crippen molar-refractivity contribution in [3.05, 3.63) is 54.0 Å². The SMILES string of the molecule is N#Cc1ccccc1NC(=S)N1CCN(C(=O)c2ccco2)CC1. The van der Waals surface area contributed by atoms with Gasteiger partial charge in [-0.25, -0.2) is 0 Å². The summed E-state index contributed by atoms with van der Waals surface area (Å²) in [4.78, 5) is 16.0. The van der Waals surface area contributed by atoms with Gasteiger partial charge in [-0.3, -0.25) is 4.79 Å². The highest BCUT2D eigenvalue weighted by atomic mass is 32.1. The first-order valence-electron chi connectivity index (χ1n) is 7.57. The van der Waals surface area contributed by atoms with Crippen molar-refractivity contribution in [2.24, 2.45) is 0 Å². The molecule has 7 heteroatoms. The Kier molecular flexibility index (Phi) is 4.77. The first-order chi connectivity index (χ1) is 11.7. The van der Waals surface area contributed by atoms with Crippen LogP contribution in [-0.2, 0) is 0 Å². The Morgan fingerprint density at radius 3 is 2.50 bits per heavy atom. The smallest absolute Gasteiger partial charge is 0.289 e. The number of furan rings is 1. The second kappa shape index (κ2) is 7.15. The van der Waals surface area contributed by atoms with Gasteiger partial charge in [0.25, 0.3) is 5.91 Å². The molecule has 0 spiro atoms. The summed E-state index contributed by atoms with van der Waals surface area (Å²) < 4.78 is 5.15. The zero-order chi connectivity index (χ0) is 16.9. The average Bonchev–Trinajstić information content (AvgIpc) is 3.16. The summed E-state index contributed by atoms with van der Waals surface area (Å²) in [5.74, 6) is 0.250. The van der Waals surface area contributed by atoms with Crippen LogP contribution in [-0.4, -0.2) is 47.0 Å². The first-order valence-corrected chi connectivity index (χ1v) is 7.97. The molecule has 2 aromatic rings. The molecule has 0 atom stereocenters. The second-order valence-corrected chi connectivity index (χ2v) is 5.73. The van der Waals surface area contributed by atoms with Gasteiger partial charge in [0, 0.05) is 26.2 Å². The first kappa shape index (κ1) is 16.0. The molecule has 1 aromatic carbocycles. The minimum absolute atomic E-state index is 0.103. The maximum absolute atomic E-state index is 12.2. The van der Waals surface area contributed by atoms with Crippen molar-refractivity contribution in [3.63, 3.8) is 0 Å². The number of nitrogens with one attached hydrogen (secondary N) is 1. The summed E-state index contributed by atoms with van der Waals surface area (Å²) in [7, 11) is 0. The number of piperazine rings is 1. The lowest BCUT2D eigenvalue weighted by Crippen LogP contribution is -2.51. The lowest BCUT2D eigenvalue weighted by Gasteiger charge is -2.35. The van der Waals surface area contributed by atoms with Gasteiger partial charge in [0.1, 0.15) is 6.07 Å². The number of nitrogens with zero attached hydrogens (tertiary/aromatic N) is 3. The third-order valence-corrected chi connectivity index (χ3v) is 4.24. The third-order valence-electron chi connectivity index (χ3n) is 3.88. The monoisotopic (exact) mass is 340 g/mol. The quantitative estimate of drug-likeness (QED) is 0.846. The largest absolute Gasteiger partial charge is 0.459 e. The number of carbonyl (C=O) groups is 1. The fourth-order valence-corrected chi connectivity index (χ4v) is 2.85. The van der Waals surface area contributed by atoms with Crippen LogP contribution in [0, 0.1) is 11.3 Å². The normalized spacial score (nSPS) is 14.1. The molecule has 0 aliphatic carbocycles. The number of hydrogen-bond donors (Lipinski definition) is 1. The van der Waals surface area contributed by atoms with Crippen LogP contribution in [0.15, 0.2) is 47.1 Å². The van der Waals surface area contributed by atoms with Crippen molar-refractivity contribution in [3.8, 4) is 6.07 Å². The van der Waals surface area contributed by atoms with E-state index in [1.807, 2.05) is 23.1 Å². The van der Waals surface area contributed by atoms with Gasteiger partial charge >= 0.3 is 0 Å². The van der Waals surface area contributed by atoms with E-state index in [0.717, 1.165) is 0 Å². The molecule has 2 heterocycles. The fraction of sp³-hybridized carbons (Fsp3) is 0.235. The van der Waals surface area contributed by atoms with Crippen molar-refractivity contribution >= 4 is 28.9 Å². The predicted molar refractivity (Wildman–Crippen MR) is 93.6 cm³/mol. The van der Waals surface area contributed by atoms with E-state index in [9.17, 15) is 4.79 Å².